The third kappa shape index (κ3) is 3.88. The summed E-state index contributed by atoms with van der Waals surface area (Å²) in [6.07, 6.45) is 3.32. The number of ether oxygens (including phenoxy) is 1. The molecule has 0 amide bonds. The summed E-state index contributed by atoms with van der Waals surface area (Å²) < 4.78 is 4.73. The van der Waals surface area contributed by atoms with E-state index >= 15 is 0 Å². The first-order valence-electron chi connectivity index (χ1n) is 7.90. The van der Waals surface area contributed by atoms with Crippen LogP contribution < -0.4 is 0 Å². The number of hydrogen-bond donors (Lipinski definition) is 0. The number of esters is 1. The second-order valence-corrected chi connectivity index (χ2v) is 5.77. The number of benzene rings is 2. The molecule has 0 saturated carbocycles. The molecule has 0 spiro atoms. The number of hydrogen-bond acceptors (Lipinski definition) is 3. The quantitative estimate of drug-likeness (QED) is 0.805. The van der Waals surface area contributed by atoms with Crippen LogP contribution in [0.2, 0.25) is 0 Å². The van der Waals surface area contributed by atoms with Gasteiger partial charge < -0.3 is 4.74 Å². The van der Waals surface area contributed by atoms with E-state index in [0.717, 1.165) is 26.1 Å². The molecule has 3 heteroatoms. The van der Waals surface area contributed by atoms with Gasteiger partial charge in [0, 0.05) is 19.6 Å². The molecular formula is C20H21NO2. The zero-order valence-electron chi connectivity index (χ0n) is 13.4. The van der Waals surface area contributed by atoms with Gasteiger partial charge in [0.2, 0.25) is 0 Å². The van der Waals surface area contributed by atoms with Crippen LogP contribution >= 0.6 is 0 Å². The van der Waals surface area contributed by atoms with Gasteiger partial charge in [0.05, 0.1) is 12.7 Å². The molecule has 0 radical (unpaired) electrons. The topological polar surface area (TPSA) is 29.5 Å². The van der Waals surface area contributed by atoms with E-state index in [1.165, 1.54) is 23.8 Å². The highest BCUT2D eigenvalue weighted by molar-refractivity contribution is 5.89. The van der Waals surface area contributed by atoms with Gasteiger partial charge in [-0.2, -0.15) is 0 Å². The smallest absolute Gasteiger partial charge is 0.337 e. The average molecular weight is 307 g/mol. The highest BCUT2D eigenvalue weighted by Gasteiger charge is 2.14. The number of methoxy groups -OCH3 is 1. The second-order valence-electron chi connectivity index (χ2n) is 5.77. The van der Waals surface area contributed by atoms with Crippen molar-refractivity contribution < 1.29 is 9.53 Å². The molecule has 0 saturated heterocycles. The Hall–Kier alpha value is -2.39. The van der Waals surface area contributed by atoms with Gasteiger partial charge >= 0.3 is 5.97 Å². The van der Waals surface area contributed by atoms with E-state index < -0.39 is 0 Å². The van der Waals surface area contributed by atoms with E-state index in [4.69, 9.17) is 4.74 Å². The molecular weight excluding hydrogens is 286 g/mol. The Balaban J connectivity index is 1.63. The van der Waals surface area contributed by atoms with E-state index in [2.05, 4.69) is 41.3 Å². The molecule has 118 valence electrons. The first-order chi connectivity index (χ1) is 11.3. The van der Waals surface area contributed by atoms with E-state index in [0.29, 0.717) is 5.56 Å². The van der Waals surface area contributed by atoms with Gasteiger partial charge in [-0.05, 0) is 35.3 Å². The Morgan fingerprint density at radius 3 is 2.43 bits per heavy atom. The van der Waals surface area contributed by atoms with Crippen molar-refractivity contribution in [3.8, 4) is 0 Å². The summed E-state index contributed by atoms with van der Waals surface area (Å²) in [5, 5.41) is 0. The van der Waals surface area contributed by atoms with Crippen molar-refractivity contribution in [1.82, 2.24) is 4.90 Å². The maximum absolute atomic E-state index is 11.5. The van der Waals surface area contributed by atoms with Crippen LogP contribution in [0.1, 0.15) is 27.9 Å². The molecule has 1 aliphatic rings. The lowest BCUT2D eigenvalue weighted by atomic mass is 9.98. The number of carbonyl (C=O) groups excluding carboxylic acids is 1. The molecule has 3 nitrogen and oxygen atoms in total. The number of nitrogens with zero attached hydrogens (tertiary/aromatic N) is 1. The Morgan fingerprint density at radius 1 is 1.09 bits per heavy atom. The molecule has 0 N–H and O–H groups in total. The fraction of sp³-hybridized carbons (Fsp3) is 0.250. The van der Waals surface area contributed by atoms with E-state index in [9.17, 15) is 4.79 Å². The van der Waals surface area contributed by atoms with E-state index in [1.807, 2.05) is 24.3 Å². The molecule has 2 aromatic carbocycles. The first kappa shape index (κ1) is 15.5. The lowest BCUT2D eigenvalue weighted by Gasteiger charge is -2.26. The Kier molecular flexibility index (Phi) is 4.89. The van der Waals surface area contributed by atoms with Crippen molar-refractivity contribution >= 4 is 11.5 Å². The van der Waals surface area contributed by atoms with E-state index in [-0.39, 0.29) is 5.97 Å². The normalized spacial score (nSPS) is 15.1. The van der Waals surface area contributed by atoms with Gasteiger partial charge in [0.15, 0.2) is 0 Å². The summed E-state index contributed by atoms with van der Waals surface area (Å²) in [6, 6.07) is 18.2. The van der Waals surface area contributed by atoms with Crippen molar-refractivity contribution in [3.05, 3.63) is 77.4 Å². The Morgan fingerprint density at radius 2 is 1.83 bits per heavy atom. The Labute approximate surface area is 137 Å². The third-order valence-corrected chi connectivity index (χ3v) is 4.22. The van der Waals surface area contributed by atoms with Gasteiger partial charge in [-0.15, -0.1) is 0 Å². The summed E-state index contributed by atoms with van der Waals surface area (Å²) >= 11 is 0. The van der Waals surface area contributed by atoms with Crippen molar-refractivity contribution in [2.75, 3.05) is 20.2 Å². The van der Waals surface area contributed by atoms with Gasteiger partial charge in [-0.3, -0.25) is 4.90 Å². The maximum atomic E-state index is 11.5. The number of rotatable bonds is 4. The summed E-state index contributed by atoms with van der Waals surface area (Å²) in [7, 11) is 1.40. The predicted molar refractivity (Wildman–Crippen MR) is 92.1 cm³/mol. The zero-order chi connectivity index (χ0) is 16.1. The molecule has 0 atom stereocenters. The second kappa shape index (κ2) is 7.25. The lowest BCUT2D eigenvalue weighted by Crippen LogP contribution is -2.27. The van der Waals surface area contributed by atoms with Crippen LogP contribution in [0, 0.1) is 0 Å². The molecule has 0 aromatic heterocycles. The molecule has 2 aromatic rings. The van der Waals surface area contributed by atoms with Crippen LogP contribution in [-0.4, -0.2) is 31.1 Å². The van der Waals surface area contributed by atoms with Crippen molar-refractivity contribution in [2.24, 2.45) is 0 Å². The van der Waals surface area contributed by atoms with E-state index in [1.54, 1.807) is 0 Å². The largest absolute Gasteiger partial charge is 0.465 e. The van der Waals surface area contributed by atoms with Crippen molar-refractivity contribution in [2.45, 2.75) is 13.0 Å². The standard InChI is InChI=1S/C20H21NO2/c1-23-20(22)19-9-7-17(8-10-19)18-11-13-21(14-12-18)15-16-5-3-2-4-6-16/h2-11H,12-15H2,1H3. The Bertz CT molecular complexity index is 689. The summed E-state index contributed by atoms with van der Waals surface area (Å²) in [5.74, 6) is -0.289. The maximum Gasteiger partial charge on any atom is 0.337 e. The van der Waals surface area contributed by atoms with Crippen molar-refractivity contribution in [3.63, 3.8) is 0 Å². The van der Waals surface area contributed by atoms with Gasteiger partial charge in [0.25, 0.3) is 0 Å². The van der Waals surface area contributed by atoms with Gasteiger partial charge in [-0.1, -0.05) is 48.5 Å². The van der Waals surface area contributed by atoms with Crippen LogP contribution in [0.15, 0.2) is 60.7 Å². The third-order valence-electron chi connectivity index (χ3n) is 4.22. The zero-order valence-corrected chi connectivity index (χ0v) is 13.4. The molecule has 0 aliphatic carbocycles. The lowest BCUT2D eigenvalue weighted by molar-refractivity contribution is 0.0600. The SMILES string of the molecule is COC(=O)c1ccc(C2=CCN(Cc3ccccc3)CC2)cc1. The fourth-order valence-corrected chi connectivity index (χ4v) is 2.90. The minimum absolute atomic E-state index is 0.289. The molecule has 1 aliphatic heterocycles. The first-order valence-corrected chi connectivity index (χ1v) is 7.90. The molecule has 0 unspecified atom stereocenters. The predicted octanol–water partition coefficient (Wildman–Crippen LogP) is 3.76. The molecule has 0 bridgehead atoms. The minimum atomic E-state index is -0.289. The van der Waals surface area contributed by atoms with Gasteiger partial charge in [-0.25, -0.2) is 4.79 Å². The fourth-order valence-electron chi connectivity index (χ4n) is 2.90. The van der Waals surface area contributed by atoms with Crippen LogP contribution in [0.4, 0.5) is 0 Å². The average Bonchev–Trinajstić information content (AvgIpc) is 2.63. The van der Waals surface area contributed by atoms with Gasteiger partial charge in [0.1, 0.15) is 0 Å². The highest BCUT2D eigenvalue weighted by atomic mass is 16.5. The summed E-state index contributed by atoms with van der Waals surface area (Å²) in [5.41, 5.74) is 4.49. The van der Waals surface area contributed by atoms with Crippen molar-refractivity contribution in [1.29, 1.82) is 0 Å². The van der Waals surface area contributed by atoms with Crippen LogP contribution in [-0.2, 0) is 11.3 Å². The minimum Gasteiger partial charge on any atom is -0.465 e. The monoisotopic (exact) mass is 307 g/mol. The summed E-state index contributed by atoms with van der Waals surface area (Å²) in [6.45, 7) is 3.01. The van der Waals surface area contributed by atoms with Crippen LogP contribution in [0.25, 0.3) is 5.57 Å². The van der Waals surface area contributed by atoms with Crippen LogP contribution in [0.3, 0.4) is 0 Å². The molecule has 23 heavy (non-hydrogen) atoms. The highest BCUT2D eigenvalue weighted by Crippen LogP contribution is 2.23. The molecule has 0 fully saturated rings. The van der Waals surface area contributed by atoms with Crippen LogP contribution in [0.5, 0.6) is 0 Å². The molecule has 3 rings (SSSR count). The molecule has 1 heterocycles. The summed E-state index contributed by atoms with van der Waals surface area (Å²) in [4.78, 5) is 13.9. The number of carbonyl (C=O) groups is 1.